The minimum absolute atomic E-state index is 0.0638. The average molecular weight is 702 g/mol. The number of hydrogen-bond acceptors (Lipinski definition) is 4. The Bertz CT molecular complexity index is 1720. The summed E-state index contributed by atoms with van der Waals surface area (Å²) in [6, 6.07) is 24.1. The first-order valence-corrected chi connectivity index (χ1v) is 20.2. The smallest absolute Gasteiger partial charge is 0.244 e. The predicted molar refractivity (Wildman–Crippen MR) is 195 cm³/mol. The van der Waals surface area contributed by atoms with Gasteiger partial charge in [0.25, 0.3) is 0 Å². The second-order valence-electron chi connectivity index (χ2n) is 15.4. The van der Waals surface area contributed by atoms with Gasteiger partial charge in [-0.05, 0) is 115 Å². The average Bonchev–Trinajstić information content (AvgIpc) is 3.58. The zero-order valence-electron chi connectivity index (χ0n) is 28.4. The van der Waals surface area contributed by atoms with Gasteiger partial charge in [-0.1, -0.05) is 79.0 Å². The largest absolute Gasteiger partial charge is 0.352 e. The number of carbonyl (C=O) groups is 2. The molecule has 5 fully saturated rings. The molecule has 0 aromatic heterocycles. The summed E-state index contributed by atoms with van der Waals surface area (Å²) in [6.45, 7) is -0.310. The third-order valence-corrected chi connectivity index (χ3v) is 13.1. The van der Waals surface area contributed by atoms with E-state index in [0.717, 1.165) is 60.8 Å². The molecule has 5 aliphatic rings. The van der Waals surface area contributed by atoms with Gasteiger partial charge in [-0.15, -0.1) is 0 Å². The number of carbonyl (C=O) groups excluding carboxylic acids is 2. The van der Waals surface area contributed by atoms with Crippen LogP contribution in [0.5, 0.6) is 0 Å². The molecule has 0 radical (unpaired) electrons. The van der Waals surface area contributed by atoms with Crippen LogP contribution in [0.3, 0.4) is 0 Å². The highest BCUT2D eigenvalue weighted by molar-refractivity contribution is 7.92. The number of benzene rings is 3. The van der Waals surface area contributed by atoms with Gasteiger partial charge in [-0.3, -0.25) is 13.9 Å². The van der Waals surface area contributed by atoms with E-state index in [0.29, 0.717) is 17.1 Å². The van der Waals surface area contributed by atoms with Crippen molar-refractivity contribution in [3.05, 3.63) is 101 Å². The molecule has 3 aromatic rings. The summed E-state index contributed by atoms with van der Waals surface area (Å²) in [4.78, 5) is 30.2. The summed E-state index contributed by atoms with van der Waals surface area (Å²) in [5.41, 5.74) is 3.62. The molecule has 5 saturated carbocycles. The Kier molecular flexibility index (Phi) is 9.82. The summed E-state index contributed by atoms with van der Waals surface area (Å²) in [5.74, 6) is 1.73. The Morgan fingerprint density at radius 2 is 1.47 bits per heavy atom. The van der Waals surface area contributed by atoms with Crippen LogP contribution < -0.4 is 9.62 Å². The first-order chi connectivity index (χ1) is 23.5. The van der Waals surface area contributed by atoms with Gasteiger partial charge in [-0.2, -0.15) is 0 Å². The number of halogens is 1. The molecule has 0 heterocycles. The van der Waals surface area contributed by atoms with Crippen molar-refractivity contribution in [1.29, 1.82) is 0 Å². The van der Waals surface area contributed by atoms with E-state index in [2.05, 4.69) is 17.4 Å². The van der Waals surface area contributed by atoms with Crippen molar-refractivity contribution in [2.75, 3.05) is 17.1 Å². The topological polar surface area (TPSA) is 86.8 Å². The van der Waals surface area contributed by atoms with Crippen LogP contribution >= 0.6 is 11.6 Å². The molecule has 1 N–H and O–H groups in total. The number of hydrogen-bond donors (Lipinski definition) is 1. The molecule has 2 amide bonds. The van der Waals surface area contributed by atoms with Crippen LogP contribution in [-0.4, -0.2) is 50.0 Å². The molecule has 1 atom stereocenters. The molecular formula is C40H48ClN3O4S. The fourth-order valence-corrected chi connectivity index (χ4v) is 10.9. The number of sulfonamides is 1. The van der Waals surface area contributed by atoms with Gasteiger partial charge in [0.1, 0.15) is 12.6 Å². The van der Waals surface area contributed by atoms with Crippen LogP contribution in [0.15, 0.2) is 78.9 Å². The highest BCUT2D eigenvalue weighted by Gasteiger charge is 2.51. The summed E-state index contributed by atoms with van der Waals surface area (Å²) < 4.78 is 28.0. The van der Waals surface area contributed by atoms with Crippen molar-refractivity contribution in [2.24, 2.45) is 17.8 Å². The van der Waals surface area contributed by atoms with Crippen molar-refractivity contribution in [3.63, 3.8) is 0 Å². The fourth-order valence-electron chi connectivity index (χ4n) is 9.81. The van der Waals surface area contributed by atoms with Crippen molar-refractivity contribution < 1.29 is 18.0 Å². The Hall–Kier alpha value is -3.36. The third-order valence-electron chi connectivity index (χ3n) is 11.7. The molecule has 0 aliphatic heterocycles. The highest BCUT2D eigenvalue weighted by Crippen LogP contribution is 2.60. The van der Waals surface area contributed by atoms with Gasteiger partial charge in [-0.25, -0.2) is 8.42 Å². The summed E-state index contributed by atoms with van der Waals surface area (Å²) in [5, 5.41) is 3.74. The highest BCUT2D eigenvalue weighted by atomic mass is 35.5. The van der Waals surface area contributed by atoms with E-state index in [-0.39, 0.29) is 23.9 Å². The van der Waals surface area contributed by atoms with Crippen molar-refractivity contribution in [1.82, 2.24) is 10.2 Å². The molecule has 0 saturated heterocycles. The quantitative estimate of drug-likeness (QED) is 0.215. The maximum atomic E-state index is 14.5. The lowest BCUT2D eigenvalue weighted by molar-refractivity contribution is -0.140. The molecule has 7 nitrogen and oxygen atoms in total. The predicted octanol–water partition coefficient (Wildman–Crippen LogP) is 7.27. The van der Waals surface area contributed by atoms with E-state index in [1.165, 1.54) is 48.4 Å². The van der Waals surface area contributed by atoms with Crippen LogP contribution in [0.2, 0.25) is 5.02 Å². The molecule has 260 valence electrons. The van der Waals surface area contributed by atoms with E-state index in [1.807, 2.05) is 54.6 Å². The molecule has 0 unspecified atom stereocenters. The van der Waals surface area contributed by atoms with Gasteiger partial charge >= 0.3 is 0 Å². The zero-order chi connectivity index (χ0) is 34.2. The lowest BCUT2D eigenvalue weighted by Crippen LogP contribution is -2.54. The summed E-state index contributed by atoms with van der Waals surface area (Å²) in [7, 11) is -3.84. The molecular weight excluding hydrogens is 654 g/mol. The van der Waals surface area contributed by atoms with E-state index in [4.69, 9.17) is 11.6 Å². The SMILES string of the molecule is CS(=O)(=O)N(CC(=O)N(Cc1cccc(Cl)c1)[C@H](Cc1ccccc1)C(=O)NC1CCCC1)c1ccc(C23CC4CC(CC(C4)C2)C3)cc1. The Morgan fingerprint density at radius 3 is 2.06 bits per heavy atom. The molecule has 3 aromatic carbocycles. The maximum Gasteiger partial charge on any atom is 0.244 e. The monoisotopic (exact) mass is 701 g/mol. The van der Waals surface area contributed by atoms with Gasteiger partial charge in [0, 0.05) is 24.0 Å². The van der Waals surface area contributed by atoms with Crippen LogP contribution in [0.25, 0.3) is 0 Å². The second kappa shape index (κ2) is 14.1. The Labute approximate surface area is 296 Å². The Balaban J connectivity index is 1.19. The molecule has 8 rings (SSSR count). The van der Waals surface area contributed by atoms with Gasteiger partial charge < -0.3 is 10.2 Å². The minimum Gasteiger partial charge on any atom is -0.352 e. The van der Waals surface area contributed by atoms with Crippen molar-refractivity contribution >= 4 is 39.1 Å². The lowest BCUT2D eigenvalue weighted by atomic mass is 9.48. The number of nitrogens with zero attached hydrogens (tertiary/aromatic N) is 2. The number of rotatable bonds is 12. The minimum atomic E-state index is -3.84. The summed E-state index contributed by atoms with van der Waals surface area (Å²) in [6.07, 6.45) is 13.1. The maximum absolute atomic E-state index is 14.5. The molecule has 5 aliphatic carbocycles. The van der Waals surface area contributed by atoms with Crippen LogP contribution in [0, 0.1) is 17.8 Å². The van der Waals surface area contributed by atoms with Crippen LogP contribution in [0.1, 0.15) is 80.9 Å². The molecule has 9 heteroatoms. The third kappa shape index (κ3) is 7.70. The Morgan fingerprint density at radius 1 is 0.857 bits per heavy atom. The molecule has 4 bridgehead atoms. The summed E-state index contributed by atoms with van der Waals surface area (Å²) >= 11 is 6.36. The van der Waals surface area contributed by atoms with Crippen molar-refractivity contribution in [2.45, 2.75) is 94.7 Å². The van der Waals surface area contributed by atoms with E-state index in [1.54, 1.807) is 17.0 Å². The van der Waals surface area contributed by atoms with E-state index in [9.17, 15) is 18.0 Å². The fraction of sp³-hybridized carbons (Fsp3) is 0.500. The van der Waals surface area contributed by atoms with E-state index >= 15 is 0 Å². The zero-order valence-corrected chi connectivity index (χ0v) is 30.0. The first-order valence-electron chi connectivity index (χ1n) is 18.0. The van der Waals surface area contributed by atoms with Gasteiger partial charge in [0.05, 0.1) is 11.9 Å². The van der Waals surface area contributed by atoms with Gasteiger partial charge in [0.15, 0.2) is 0 Å². The standard InChI is InChI=1S/C40H48ClN3O4S/c1-49(47,48)44(36-16-14-33(15-17-36)40-23-30-18-31(24-40)20-32(19-30)25-40)27-38(45)43(26-29-10-7-11-34(41)21-29)37(22-28-8-3-2-4-9-28)39(46)42-35-12-5-6-13-35/h2-4,7-11,14-17,21,30-32,35,37H,5-6,12-13,18-20,22-27H2,1H3,(H,42,46)/t30?,31?,32?,37-,40?/m1/s1. The molecule has 49 heavy (non-hydrogen) atoms. The normalized spacial score (nSPS) is 25.2. The first kappa shape index (κ1) is 34.1. The van der Waals surface area contributed by atoms with Crippen LogP contribution in [0.4, 0.5) is 5.69 Å². The van der Waals surface area contributed by atoms with Gasteiger partial charge in [0.2, 0.25) is 21.8 Å². The number of amides is 2. The van der Waals surface area contributed by atoms with E-state index < -0.39 is 28.5 Å². The van der Waals surface area contributed by atoms with Crippen molar-refractivity contribution in [3.8, 4) is 0 Å². The second-order valence-corrected chi connectivity index (χ2v) is 17.7. The number of anilines is 1. The lowest BCUT2D eigenvalue weighted by Gasteiger charge is -2.57. The molecule has 0 spiro atoms. The number of nitrogens with one attached hydrogen (secondary N) is 1. The van der Waals surface area contributed by atoms with Crippen LogP contribution in [-0.2, 0) is 38.0 Å².